The third-order valence-electron chi connectivity index (χ3n) is 3.82. The van der Waals surface area contributed by atoms with Crippen molar-refractivity contribution in [3.8, 4) is 0 Å². The van der Waals surface area contributed by atoms with Crippen LogP contribution in [-0.4, -0.2) is 29.2 Å². The van der Waals surface area contributed by atoms with Crippen LogP contribution in [0.15, 0.2) is 12.1 Å². The van der Waals surface area contributed by atoms with Crippen LogP contribution in [0.1, 0.15) is 33.3 Å². The van der Waals surface area contributed by atoms with E-state index in [9.17, 15) is 4.79 Å². The molecule has 5 nitrogen and oxygen atoms in total. The lowest BCUT2D eigenvalue weighted by molar-refractivity contribution is -0.117. The maximum Gasteiger partial charge on any atom is 0.514 e. The van der Waals surface area contributed by atoms with Crippen molar-refractivity contribution in [2.45, 2.75) is 45.3 Å². The van der Waals surface area contributed by atoms with E-state index >= 15 is 0 Å². The van der Waals surface area contributed by atoms with E-state index in [-0.39, 0.29) is 6.42 Å². The monoisotopic (exact) mass is 296 g/mol. The van der Waals surface area contributed by atoms with Gasteiger partial charge < -0.3 is 15.0 Å². The number of aromatic nitrogens is 1. The zero-order chi connectivity index (χ0) is 15.1. The maximum atomic E-state index is 11.2. The second-order valence-electron chi connectivity index (χ2n) is 5.91. The number of primary amides is 1. The molecule has 1 aliphatic rings. The molecule has 0 aliphatic carbocycles. The number of hydrogen-bond donors (Lipinski definition) is 1. The minimum atomic E-state index is -0.659. The fourth-order valence-corrected chi connectivity index (χ4v) is 2.13. The Morgan fingerprint density at radius 3 is 2.35 bits per heavy atom. The number of rotatable bonds is 3. The van der Waals surface area contributed by atoms with Crippen LogP contribution in [0, 0.1) is 0 Å². The van der Waals surface area contributed by atoms with Gasteiger partial charge in [-0.2, -0.15) is 0 Å². The average Bonchev–Trinajstić information content (AvgIpc) is 2.50. The van der Waals surface area contributed by atoms with Gasteiger partial charge in [0.15, 0.2) is 0 Å². The zero-order valence-corrected chi connectivity index (χ0v) is 12.8. The molecule has 1 amide bonds. The topological polar surface area (TPSA) is 74.4 Å². The van der Waals surface area contributed by atoms with Gasteiger partial charge in [0.05, 0.1) is 23.2 Å². The van der Waals surface area contributed by atoms with Gasteiger partial charge in [-0.1, -0.05) is 17.7 Å². The van der Waals surface area contributed by atoms with Crippen molar-refractivity contribution >= 4 is 30.2 Å². The van der Waals surface area contributed by atoms with E-state index in [4.69, 9.17) is 26.6 Å². The summed E-state index contributed by atoms with van der Waals surface area (Å²) >= 11 is 5.94. The van der Waals surface area contributed by atoms with E-state index in [0.717, 1.165) is 0 Å². The lowest BCUT2D eigenvalue weighted by atomic mass is 9.80. The first-order valence-electron chi connectivity index (χ1n) is 6.42. The summed E-state index contributed by atoms with van der Waals surface area (Å²) in [6.45, 7) is 7.80. The number of carbonyl (C=O) groups excluding carboxylic acids is 1. The third-order valence-corrected chi connectivity index (χ3v) is 4.03. The quantitative estimate of drug-likeness (QED) is 0.668. The smallest absolute Gasteiger partial charge is 0.398 e. The van der Waals surface area contributed by atoms with Crippen LogP contribution in [0.5, 0.6) is 0 Å². The van der Waals surface area contributed by atoms with Gasteiger partial charge in [-0.25, -0.2) is 4.98 Å². The van der Waals surface area contributed by atoms with Crippen molar-refractivity contribution in [1.82, 2.24) is 4.98 Å². The summed E-state index contributed by atoms with van der Waals surface area (Å²) in [7, 11) is -0.659. The molecule has 0 atom stereocenters. The van der Waals surface area contributed by atoms with Gasteiger partial charge in [0.1, 0.15) is 5.15 Å². The molecular weight excluding hydrogens is 278 g/mol. The Labute approximate surface area is 123 Å². The predicted octanol–water partition coefficient (Wildman–Crippen LogP) is 1.06. The molecule has 1 aromatic heterocycles. The fourth-order valence-electron chi connectivity index (χ4n) is 1.97. The number of halogens is 1. The molecule has 1 aromatic rings. The third kappa shape index (κ3) is 2.82. The molecule has 1 aliphatic heterocycles. The minimum absolute atomic E-state index is 0.0730. The molecule has 0 aromatic carbocycles. The number of amides is 1. The molecule has 7 heteroatoms. The van der Waals surface area contributed by atoms with Gasteiger partial charge in [0.2, 0.25) is 5.91 Å². The summed E-state index contributed by atoms with van der Waals surface area (Å²) in [6.07, 6.45) is 0.0730. The van der Waals surface area contributed by atoms with Crippen LogP contribution in [0.4, 0.5) is 0 Å². The van der Waals surface area contributed by atoms with Crippen LogP contribution in [0.3, 0.4) is 0 Å². The summed E-state index contributed by atoms with van der Waals surface area (Å²) in [5, 5.41) is 0.322. The van der Waals surface area contributed by atoms with Crippen LogP contribution in [0.25, 0.3) is 0 Å². The van der Waals surface area contributed by atoms with Crippen molar-refractivity contribution < 1.29 is 14.1 Å². The van der Waals surface area contributed by atoms with Gasteiger partial charge in [-0.05, 0) is 39.3 Å². The van der Waals surface area contributed by atoms with Crippen LogP contribution >= 0.6 is 11.6 Å². The minimum Gasteiger partial charge on any atom is -0.398 e. The highest BCUT2D eigenvalue weighted by atomic mass is 35.5. The second kappa shape index (κ2) is 5.02. The van der Waals surface area contributed by atoms with E-state index < -0.39 is 24.2 Å². The first-order valence-corrected chi connectivity index (χ1v) is 6.79. The maximum absolute atomic E-state index is 11.2. The number of carbonyl (C=O) groups is 1. The molecule has 0 spiro atoms. The molecule has 0 radical (unpaired) electrons. The molecule has 0 bridgehead atoms. The Bertz CT molecular complexity index is 532. The molecule has 1 saturated heterocycles. The highest BCUT2D eigenvalue weighted by molar-refractivity contribution is 6.61. The summed E-state index contributed by atoms with van der Waals surface area (Å²) in [5.74, 6) is -0.438. The van der Waals surface area contributed by atoms with Gasteiger partial charge in [0.25, 0.3) is 0 Å². The standard InChI is InChI=1S/C13H18BClN2O3/c1-12(2)13(3,4)20-14(19-12)11-8(7-10(16)18)5-6-9(15)17-11/h5-6H,7H2,1-4H3,(H2,16,18). The molecule has 20 heavy (non-hydrogen) atoms. The molecule has 2 heterocycles. The number of hydrogen-bond acceptors (Lipinski definition) is 4. The SMILES string of the molecule is CC1(C)OB(c2nc(Cl)ccc2CC(N)=O)OC1(C)C. The van der Waals surface area contributed by atoms with Crippen molar-refractivity contribution in [3.63, 3.8) is 0 Å². The first-order chi connectivity index (χ1) is 9.12. The van der Waals surface area contributed by atoms with Gasteiger partial charge >= 0.3 is 7.12 Å². The van der Waals surface area contributed by atoms with E-state index in [1.807, 2.05) is 27.7 Å². The van der Waals surface area contributed by atoms with E-state index in [1.54, 1.807) is 12.1 Å². The molecule has 0 unspecified atom stereocenters. The lowest BCUT2D eigenvalue weighted by Gasteiger charge is -2.32. The molecule has 0 saturated carbocycles. The van der Waals surface area contributed by atoms with Crippen LogP contribution < -0.4 is 11.3 Å². The highest BCUT2D eigenvalue weighted by Gasteiger charge is 2.53. The van der Waals surface area contributed by atoms with Crippen molar-refractivity contribution in [1.29, 1.82) is 0 Å². The Morgan fingerprint density at radius 1 is 1.30 bits per heavy atom. The predicted molar refractivity (Wildman–Crippen MR) is 77.9 cm³/mol. The van der Waals surface area contributed by atoms with Crippen molar-refractivity contribution in [3.05, 3.63) is 22.8 Å². The molecular formula is C13H18BClN2O3. The molecule has 2 N–H and O–H groups in total. The van der Waals surface area contributed by atoms with Crippen molar-refractivity contribution in [2.24, 2.45) is 5.73 Å². The summed E-state index contributed by atoms with van der Waals surface area (Å²) in [4.78, 5) is 15.4. The van der Waals surface area contributed by atoms with Gasteiger partial charge in [0, 0.05) is 0 Å². The Balaban J connectivity index is 2.38. The molecule has 2 rings (SSSR count). The van der Waals surface area contributed by atoms with Gasteiger partial charge in [-0.3, -0.25) is 4.79 Å². The lowest BCUT2D eigenvalue weighted by Crippen LogP contribution is -2.41. The largest absolute Gasteiger partial charge is 0.514 e. The Hall–Kier alpha value is -1.11. The first kappa shape index (κ1) is 15.3. The van der Waals surface area contributed by atoms with Gasteiger partial charge in [-0.15, -0.1) is 0 Å². The van der Waals surface area contributed by atoms with E-state index in [1.165, 1.54) is 0 Å². The molecule has 108 valence electrons. The summed E-state index contributed by atoms with van der Waals surface area (Å²) in [6, 6.07) is 3.34. The normalized spacial score (nSPS) is 20.1. The van der Waals surface area contributed by atoms with Crippen LogP contribution in [-0.2, 0) is 20.5 Å². The summed E-state index contributed by atoms with van der Waals surface area (Å²) in [5.41, 5.74) is 5.47. The Morgan fingerprint density at radius 2 is 1.85 bits per heavy atom. The van der Waals surface area contributed by atoms with E-state index in [0.29, 0.717) is 16.3 Å². The Kier molecular flexibility index (Phi) is 3.84. The number of pyridine rings is 1. The fraction of sp³-hybridized carbons (Fsp3) is 0.538. The zero-order valence-electron chi connectivity index (χ0n) is 12.1. The highest BCUT2D eigenvalue weighted by Crippen LogP contribution is 2.36. The average molecular weight is 297 g/mol. The number of nitrogens with zero attached hydrogens (tertiary/aromatic N) is 1. The van der Waals surface area contributed by atoms with E-state index in [2.05, 4.69) is 4.98 Å². The van der Waals surface area contributed by atoms with Crippen LogP contribution in [0.2, 0.25) is 5.15 Å². The van der Waals surface area contributed by atoms with Crippen molar-refractivity contribution in [2.75, 3.05) is 0 Å². The second-order valence-corrected chi connectivity index (χ2v) is 6.30. The molecule has 1 fully saturated rings. The number of nitrogens with two attached hydrogens (primary N) is 1. The summed E-state index contributed by atoms with van der Waals surface area (Å²) < 4.78 is 11.9.